The van der Waals surface area contributed by atoms with Gasteiger partial charge in [0, 0.05) is 24.7 Å². The van der Waals surface area contributed by atoms with Crippen LogP contribution in [0.1, 0.15) is 56.7 Å². The van der Waals surface area contributed by atoms with Crippen molar-refractivity contribution in [3.63, 3.8) is 0 Å². The SMILES string of the molecule is CCCCOc1cc2c(cc1OC)CCn1c(C(=O)N(C)C(C)(C)C)nc(-c3cccs3)c1-2. The maximum absolute atomic E-state index is 13.5. The number of carbonyl (C=O) groups is 1. The molecule has 4 rings (SSSR count). The van der Waals surface area contributed by atoms with Crippen molar-refractivity contribution in [2.75, 3.05) is 20.8 Å². The van der Waals surface area contributed by atoms with Crippen LogP contribution in [0.25, 0.3) is 21.8 Å². The second-order valence-corrected chi connectivity index (χ2v) is 10.4. The average Bonchev–Trinajstić information content (AvgIpc) is 3.45. The van der Waals surface area contributed by atoms with Crippen LogP contribution in [0.5, 0.6) is 11.5 Å². The van der Waals surface area contributed by atoms with E-state index in [9.17, 15) is 4.79 Å². The number of nitrogens with zero attached hydrogens (tertiary/aromatic N) is 3. The number of hydrogen-bond donors (Lipinski definition) is 0. The predicted molar refractivity (Wildman–Crippen MR) is 133 cm³/mol. The van der Waals surface area contributed by atoms with E-state index in [1.165, 1.54) is 5.56 Å². The fourth-order valence-corrected chi connectivity index (χ4v) is 4.72. The van der Waals surface area contributed by atoms with Gasteiger partial charge < -0.3 is 18.9 Å². The standard InChI is InChI=1S/C26H33N3O3S/c1-7-8-13-32-20-16-18-17(15-19(20)31-6)11-12-29-23(18)22(21-10-9-14-33-21)27-24(29)25(30)28(5)26(2,3)4/h9-10,14-16H,7-8,11-13H2,1-6H3. The Kier molecular flexibility index (Phi) is 6.52. The summed E-state index contributed by atoms with van der Waals surface area (Å²) in [4.78, 5) is 21.2. The van der Waals surface area contributed by atoms with E-state index in [-0.39, 0.29) is 11.4 Å². The predicted octanol–water partition coefficient (Wildman–Crippen LogP) is 5.89. The molecule has 33 heavy (non-hydrogen) atoms. The van der Waals surface area contributed by atoms with Gasteiger partial charge in [0.2, 0.25) is 0 Å². The van der Waals surface area contributed by atoms with Gasteiger partial charge in [-0.05, 0) is 62.8 Å². The van der Waals surface area contributed by atoms with Crippen LogP contribution >= 0.6 is 11.3 Å². The molecule has 1 aliphatic rings. The van der Waals surface area contributed by atoms with E-state index in [2.05, 4.69) is 29.7 Å². The number of benzene rings is 1. The fourth-order valence-electron chi connectivity index (χ4n) is 4.01. The molecule has 3 heterocycles. The first-order valence-electron chi connectivity index (χ1n) is 11.5. The molecular weight excluding hydrogens is 434 g/mol. The number of imidazole rings is 1. The van der Waals surface area contributed by atoms with Crippen LogP contribution < -0.4 is 9.47 Å². The molecule has 0 spiro atoms. The van der Waals surface area contributed by atoms with Gasteiger partial charge in [-0.2, -0.15) is 0 Å². The molecule has 0 saturated heterocycles. The van der Waals surface area contributed by atoms with E-state index < -0.39 is 0 Å². The minimum absolute atomic E-state index is 0.0667. The minimum Gasteiger partial charge on any atom is -0.493 e. The zero-order valence-corrected chi connectivity index (χ0v) is 21.2. The lowest BCUT2D eigenvalue weighted by Crippen LogP contribution is -2.43. The summed E-state index contributed by atoms with van der Waals surface area (Å²) < 4.78 is 13.8. The second-order valence-electron chi connectivity index (χ2n) is 9.41. The van der Waals surface area contributed by atoms with Gasteiger partial charge in [-0.25, -0.2) is 4.98 Å². The quantitative estimate of drug-likeness (QED) is 0.406. The van der Waals surface area contributed by atoms with Crippen LogP contribution in [0, 0.1) is 0 Å². The molecule has 0 saturated carbocycles. The molecule has 1 amide bonds. The number of thiophene rings is 1. The lowest BCUT2D eigenvalue weighted by molar-refractivity contribution is 0.0638. The topological polar surface area (TPSA) is 56.6 Å². The Labute approximate surface area is 200 Å². The van der Waals surface area contributed by atoms with Crippen molar-refractivity contribution in [3.05, 3.63) is 41.0 Å². The maximum Gasteiger partial charge on any atom is 0.290 e. The Hall–Kier alpha value is -2.80. The van der Waals surface area contributed by atoms with Gasteiger partial charge in [0.05, 0.1) is 24.3 Å². The molecule has 1 aromatic carbocycles. The average molecular weight is 468 g/mol. The Morgan fingerprint density at radius 3 is 2.70 bits per heavy atom. The van der Waals surface area contributed by atoms with Crippen molar-refractivity contribution in [3.8, 4) is 33.3 Å². The summed E-state index contributed by atoms with van der Waals surface area (Å²) in [5.74, 6) is 1.90. The van der Waals surface area contributed by atoms with E-state index >= 15 is 0 Å². The van der Waals surface area contributed by atoms with Crippen LogP contribution in [0.4, 0.5) is 0 Å². The molecule has 0 bridgehead atoms. The molecule has 0 aliphatic carbocycles. The molecule has 6 nitrogen and oxygen atoms in total. The normalized spacial score (nSPS) is 12.8. The molecule has 0 unspecified atom stereocenters. The molecule has 1 aliphatic heterocycles. The highest BCUT2D eigenvalue weighted by molar-refractivity contribution is 7.13. The first-order valence-corrected chi connectivity index (χ1v) is 12.4. The third-order valence-corrected chi connectivity index (χ3v) is 7.11. The van der Waals surface area contributed by atoms with Crippen molar-refractivity contribution in [1.82, 2.24) is 14.5 Å². The van der Waals surface area contributed by atoms with E-state index in [4.69, 9.17) is 14.5 Å². The monoisotopic (exact) mass is 467 g/mol. The number of aromatic nitrogens is 2. The van der Waals surface area contributed by atoms with Crippen LogP contribution in [0.3, 0.4) is 0 Å². The van der Waals surface area contributed by atoms with Crippen molar-refractivity contribution < 1.29 is 14.3 Å². The number of fused-ring (bicyclic) bond motifs is 3. The molecular formula is C26H33N3O3S. The fraction of sp³-hybridized carbons (Fsp3) is 0.462. The summed E-state index contributed by atoms with van der Waals surface area (Å²) in [5, 5.41) is 2.04. The van der Waals surface area contributed by atoms with E-state index in [0.29, 0.717) is 19.0 Å². The largest absolute Gasteiger partial charge is 0.493 e. The molecule has 0 atom stereocenters. The van der Waals surface area contributed by atoms with Crippen molar-refractivity contribution in [1.29, 1.82) is 0 Å². The van der Waals surface area contributed by atoms with Crippen molar-refractivity contribution in [2.24, 2.45) is 0 Å². The van der Waals surface area contributed by atoms with Crippen LogP contribution in [-0.4, -0.2) is 46.7 Å². The van der Waals surface area contributed by atoms with Crippen LogP contribution in [0.15, 0.2) is 29.6 Å². The summed E-state index contributed by atoms with van der Waals surface area (Å²) in [6.45, 7) is 9.58. The molecule has 2 aromatic heterocycles. The van der Waals surface area contributed by atoms with Gasteiger partial charge in [0.15, 0.2) is 17.3 Å². The maximum atomic E-state index is 13.5. The molecule has 0 radical (unpaired) electrons. The zero-order valence-electron chi connectivity index (χ0n) is 20.4. The first-order chi connectivity index (χ1) is 15.8. The van der Waals surface area contributed by atoms with E-state index in [1.54, 1.807) is 23.3 Å². The van der Waals surface area contributed by atoms with Gasteiger partial charge >= 0.3 is 0 Å². The molecule has 0 N–H and O–H groups in total. The number of unbranched alkanes of at least 4 members (excludes halogenated alkanes) is 1. The second kappa shape index (κ2) is 9.21. The molecule has 0 fully saturated rings. The highest BCUT2D eigenvalue weighted by Gasteiger charge is 2.33. The number of methoxy groups -OCH3 is 1. The van der Waals surface area contributed by atoms with E-state index in [1.807, 2.05) is 39.3 Å². The van der Waals surface area contributed by atoms with E-state index in [0.717, 1.165) is 52.6 Å². The highest BCUT2D eigenvalue weighted by Crippen LogP contribution is 2.44. The van der Waals surface area contributed by atoms with Crippen LogP contribution in [-0.2, 0) is 13.0 Å². The van der Waals surface area contributed by atoms with Crippen molar-refractivity contribution >= 4 is 17.2 Å². The third kappa shape index (κ3) is 4.38. The lowest BCUT2D eigenvalue weighted by atomic mass is 9.95. The van der Waals surface area contributed by atoms with Gasteiger partial charge in [0.1, 0.15) is 5.69 Å². The number of amides is 1. The molecule has 176 valence electrons. The third-order valence-electron chi connectivity index (χ3n) is 6.23. The number of hydrogen-bond acceptors (Lipinski definition) is 5. The number of rotatable bonds is 7. The zero-order chi connectivity index (χ0) is 23.8. The summed E-state index contributed by atoms with van der Waals surface area (Å²) >= 11 is 1.63. The summed E-state index contributed by atoms with van der Waals surface area (Å²) in [6.07, 6.45) is 2.85. The summed E-state index contributed by atoms with van der Waals surface area (Å²) in [6, 6.07) is 8.22. The Morgan fingerprint density at radius 2 is 2.06 bits per heavy atom. The van der Waals surface area contributed by atoms with Gasteiger partial charge in [0.25, 0.3) is 5.91 Å². The van der Waals surface area contributed by atoms with Gasteiger partial charge in [-0.15, -0.1) is 11.3 Å². The number of carbonyl (C=O) groups excluding carboxylic acids is 1. The Morgan fingerprint density at radius 1 is 1.27 bits per heavy atom. The van der Waals surface area contributed by atoms with Gasteiger partial charge in [-0.3, -0.25) is 4.79 Å². The highest BCUT2D eigenvalue weighted by atomic mass is 32.1. The number of aryl methyl sites for hydroxylation is 1. The summed E-state index contributed by atoms with van der Waals surface area (Å²) in [7, 11) is 3.52. The first kappa shape index (κ1) is 23.4. The Bertz CT molecular complexity index is 1140. The number of ether oxygens (including phenoxy) is 2. The molecule has 7 heteroatoms. The molecule has 3 aromatic rings. The van der Waals surface area contributed by atoms with Gasteiger partial charge in [-0.1, -0.05) is 19.4 Å². The lowest BCUT2D eigenvalue weighted by Gasteiger charge is -2.32. The summed E-state index contributed by atoms with van der Waals surface area (Å²) in [5.41, 5.74) is 3.77. The van der Waals surface area contributed by atoms with Crippen LogP contribution in [0.2, 0.25) is 0 Å². The van der Waals surface area contributed by atoms with Crippen molar-refractivity contribution in [2.45, 2.75) is 59.0 Å². The smallest absolute Gasteiger partial charge is 0.290 e. The minimum atomic E-state index is -0.299. The Balaban J connectivity index is 1.88.